The van der Waals surface area contributed by atoms with E-state index in [1.807, 2.05) is 0 Å². The number of alkyl carbamates (subject to hydrolysis) is 1. The molecule has 1 saturated heterocycles. The number of aromatic amines is 1. The van der Waals surface area contributed by atoms with Crippen LogP contribution in [0.25, 0.3) is 0 Å². The van der Waals surface area contributed by atoms with Crippen LogP contribution in [0.15, 0.2) is 15.8 Å². The van der Waals surface area contributed by atoms with Gasteiger partial charge >= 0.3 is 11.8 Å². The molecular weight excluding hydrogens is 348 g/mol. The number of aryl methyl sites for hydroxylation is 1. The molecule has 0 bridgehead atoms. The zero-order chi connectivity index (χ0) is 19.3. The minimum atomic E-state index is -1.39. The Morgan fingerprint density at radius 2 is 2.31 bits per heavy atom. The van der Waals surface area contributed by atoms with Crippen LogP contribution in [0, 0.1) is 6.92 Å². The van der Waals surface area contributed by atoms with E-state index in [4.69, 9.17) is 15.2 Å². The number of hydrogen-bond acceptors (Lipinski definition) is 8. The van der Waals surface area contributed by atoms with Gasteiger partial charge in [0.25, 0.3) is 5.56 Å². The topological polar surface area (TPSA) is 169 Å². The van der Waals surface area contributed by atoms with Crippen molar-refractivity contribution in [1.29, 1.82) is 0 Å². The van der Waals surface area contributed by atoms with Crippen LogP contribution in [0.5, 0.6) is 0 Å². The van der Waals surface area contributed by atoms with Gasteiger partial charge in [0.15, 0.2) is 0 Å². The van der Waals surface area contributed by atoms with E-state index in [0.717, 1.165) is 4.57 Å². The number of nitrogens with one attached hydrogen (secondary N) is 2. The van der Waals surface area contributed by atoms with Gasteiger partial charge in [0.2, 0.25) is 0 Å². The van der Waals surface area contributed by atoms with Crippen LogP contribution < -0.4 is 22.3 Å². The van der Waals surface area contributed by atoms with Crippen LogP contribution in [-0.4, -0.2) is 63.9 Å². The van der Waals surface area contributed by atoms with Gasteiger partial charge in [-0.25, -0.2) is 9.59 Å². The van der Waals surface area contributed by atoms with Gasteiger partial charge in [-0.1, -0.05) is 0 Å². The average Bonchev–Trinajstić information content (AvgIpc) is 2.93. The van der Waals surface area contributed by atoms with Gasteiger partial charge in [-0.15, -0.1) is 0 Å². The van der Waals surface area contributed by atoms with Crippen molar-refractivity contribution in [2.75, 3.05) is 26.3 Å². The van der Waals surface area contributed by atoms with E-state index in [1.165, 1.54) is 13.1 Å². The van der Waals surface area contributed by atoms with Gasteiger partial charge in [0, 0.05) is 37.7 Å². The van der Waals surface area contributed by atoms with Gasteiger partial charge in [0.1, 0.15) is 11.8 Å². The van der Waals surface area contributed by atoms with E-state index in [2.05, 4.69) is 10.3 Å². The molecule has 1 aliphatic rings. The van der Waals surface area contributed by atoms with Crippen molar-refractivity contribution >= 4 is 6.09 Å². The predicted molar refractivity (Wildman–Crippen MR) is 89.6 cm³/mol. The smallest absolute Gasteiger partial charge is 0.407 e. The molecule has 1 aromatic heterocycles. The first-order valence-corrected chi connectivity index (χ1v) is 8.22. The predicted octanol–water partition coefficient (Wildman–Crippen LogP) is -2.07. The molecule has 11 heteroatoms. The molecule has 146 valence electrons. The lowest BCUT2D eigenvalue weighted by molar-refractivity contribution is -0.137. The summed E-state index contributed by atoms with van der Waals surface area (Å²) in [5.41, 5.74) is 3.00. The van der Waals surface area contributed by atoms with Crippen LogP contribution in [-0.2, 0) is 9.47 Å². The van der Waals surface area contributed by atoms with E-state index in [9.17, 15) is 24.6 Å². The summed E-state index contributed by atoms with van der Waals surface area (Å²) in [6, 6.07) is 0. The van der Waals surface area contributed by atoms with Crippen molar-refractivity contribution in [3.05, 3.63) is 32.6 Å². The molecule has 0 spiro atoms. The molecule has 1 fully saturated rings. The maximum Gasteiger partial charge on any atom is 0.407 e. The minimum absolute atomic E-state index is 0.0221. The van der Waals surface area contributed by atoms with Crippen LogP contribution in [0.3, 0.4) is 0 Å². The molecule has 26 heavy (non-hydrogen) atoms. The Balaban J connectivity index is 2.07. The number of aromatic nitrogens is 2. The van der Waals surface area contributed by atoms with Crippen LogP contribution >= 0.6 is 0 Å². The van der Waals surface area contributed by atoms with E-state index >= 15 is 0 Å². The highest BCUT2D eigenvalue weighted by atomic mass is 16.6. The Bertz CT molecular complexity index is 746. The first kappa shape index (κ1) is 20.1. The standard InChI is InChI=1S/C15H24N4O7/c1-9-7-19(13(23)18-12(9)22)11-6-10(21)15(8-20,26-11)2-5-25-14(24)17-4-3-16/h7,10-11,20-21H,2-6,8,16H2,1H3,(H,17,24)(H,18,22,23)/t10-,11+,15+/m0/s1. The molecule has 0 saturated carbocycles. The largest absolute Gasteiger partial charge is 0.449 e. The second-order valence-electron chi connectivity index (χ2n) is 6.13. The Hall–Kier alpha value is -2.21. The number of carbonyl (C=O) groups is 1. The number of aliphatic hydroxyl groups is 2. The number of hydrogen-bond donors (Lipinski definition) is 5. The van der Waals surface area contributed by atoms with Crippen LogP contribution in [0.4, 0.5) is 4.79 Å². The van der Waals surface area contributed by atoms with Crippen molar-refractivity contribution in [3.8, 4) is 0 Å². The summed E-state index contributed by atoms with van der Waals surface area (Å²) in [4.78, 5) is 37.0. The number of rotatable bonds is 7. The molecule has 6 N–H and O–H groups in total. The fraction of sp³-hybridized carbons (Fsp3) is 0.667. The number of nitrogens with two attached hydrogens (primary N) is 1. The maximum absolute atomic E-state index is 12.0. The SMILES string of the molecule is Cc1cn([C@H]2C[C@H](O)[C@](CO)(CCOC(=O)NCCN)O2)c(=O)[nH]c1=O. The monoisotopic (exact) mass is 372 g/mol. The summed E-state index contributed by atoms with van der Waals surface area (Å²) in [5.74, 6) is 0. The molecular formula is C15H24N4O7. The molecule has 0 unspecified atom stereocenters. The maximum atomic E-state index is 12.0. The quantitative estimate of drug-likeness (QED) is 0.363. The zero-order valence-electron chi connectivity index (χ0n) is 14.4. The minimum Gasteiger partial charge on any atom is -0.449 e. The Labute approximate surface area is 148 Å². The fourth-order valence-electron chi connectivity index (χ4n) is 2.76. The van der Waals surface area contributed by atoms with Crippen LogP contribution in [0.1, 0.15) is 24.6 Å². The summed E-state index contributed by atoms with van der Waals surface area (Å²) in [5, 5.41) is 22.5. The molecule has 11 nitrogen and oxygen atoms in total. The molecule has 0 aromatic carbocycles. The summed E-state index contributed by atoms with van der Waals surface area (Å²) in [6.45, 7) is 1.43. The van der Waals surface area contributed by atoms with Gasteiger partial charge in [0.05, 0.1) is 19.3 Å². The van der Waals surface area contributed by atoms with E-state index in [-0.39, 0.29) is 32.5 Å². The Morgan fingerprint density at radius 1 is 1.58 bits per heavy atom. The molecule has 0 aliphatic carbocycles. The van der Waals surface area contributed by atoms with E-state index in [0.29, 0.717) is 5.56 Å². The third kappa shape index (κ3) is 4.30. The van der Waals surface area contributed by atoms with Crippen molar-refractivity contribution in [3.63, 3.8) is 0 Å². The summed E-state index contributed by atoms with van der Waals surface area (Å²) in [6.07, 6.45) is -1.23. The highest BCUT2D eigenvalue weighted by molar-refractivity contribution is 5.67. The molecule has 0 radical (unpaired) electrons. The number of aliphatic hydroxyl groups excluding tert-OH is 2. The van der Waals surface area contributed by atoms with E-state index < -0.39 is 41.9 Å². The zero-order valence-corrected chi connectivity index (χ0v) is 14.4. The molecule has 2 rings (SSSR count). The Morgan fingerprint density at radius 3 is 2.96 bits per heavy atom. The normalized spacial score (nSPS) is 25.2. The third-order valence-corrected chi connectivity index (χ3v) is 4.30. The lowest BCUT2D eigenvalue weighted by Crippen LogP contribution is -2.45. The highest BCUT2D eigenvalue weighted by Gasteiger charge is 2.48. The fourth-order valence-corrected chi connectivity index (χ4v) is 2.76. The lowest BCUT2D eigenvalue weighted by Gasteiger charge is -2.30. The molecule has 2 heterocycles. The van der Waals surface area contributed by atoms with Crippen molar-refractivity contribution < 1.29 is 24.5 Å². The summed E-state index contributed by atoms with van der Waals surface area (Å²) >= 11 is 0. The number of carbonyl (C=O) groups excluding carboxylic acids is 1. The summed E-state index contributed by atoms with van der Waals surface area (Å²) < 4.78 is 11.9. The summed E-state index contributed by atoms with van der Waals surface area (Å²) in [7, 11) is 0. The van der Waals surface area contributed by atoms with Gasteiger partial charge in [-0.05, 0) is 6.92 Å². The third-order valence-electron chi connectivity index (χ3n) is 4.30. The number of nitrogens with zero attached hydrogens (tertiary/aromatic N) is 1. The number of amides is 1. The average molecular weight is 372 g/mol. The lowest BCUT2D eigenvalue weighted by atomic mass is 9.94. The first-order valence-electron chi connectivity index (χ1n) is 8.22. The molecule has 1 aromatic rings. The van der Waals surface area contributed by atoms with Crippen molar-refractivity contribution in [2.45, 2.75) is 37.7 Å². The van der Waals surface area contributed by atoms with Gasteiger partial charge in [-0.2, -0.15) is 0 Å². The number of H-pyrrole nitrogens is 1. The van der Waals surface area contributed by atoms with Crippen molar-refractivity contribution in [1.82, 2.24) is 14.9 Å². The van der Waals surface area contributed by atoms with Crippen molar-refractivity contribution in [2.24, 2.45) is 5.73 Å². The first-order chi connectivity index (χ1) is 12.3. The van der Waals surface area contributed by atoms with E-state index in [1.54, 1.807) is 0 Å². The molecule has 3 atom stereocenters. The molecule has 1 amide bonds. The van der Waals surface area contributed by atoms with Gasteiger partial charge < -0.3 is 30.7 Å². The number of ether oxygens (including phenoxy) is 2. The molecule has 1 aliphatic heterocycles. The van der Waals surface area contributed by atoms with Gasteiger partial charge in [-0.3, -0.25) is 14.3 Å². The second kappa shape index (κ2) is 8.45. The highest BCUT2D eigenvalue weighted by Crippen LogP contribution is 2.38. The Kier molecular flexibility index (Phi) is 6.53. The second-order valence-corrected chi connectivity index (χ2v) is 6.13. The van der Waals surface area contributed by atoms with Crippen LogP contribution in [0.2, 0.25) is 0 Å².